The Morgan fingerprint density at radius 3 is 2.56 bits per heavy atom. The van der Waals surface area contributed by atoms with E-state index in [-0.39, 0.29) is 11.8 Å². The molecule has 0 aromatic carbocycles. The van der Waals surface area contributed by atoms with Crippen molar-refractivity contribution in [2.75, 3.05) is 6.61 Å². The average molecular weight is 338 g/mol. The zero-order valence-corrected chi connectivity index (χ0v) is 12.1. The van der Waals surface area contributed by atoms with Crippen LogP contribution in [0, 0.1) is 0 Å². The number of allylic oxidation sites excluding steroid dienone is 2. The van der Waals surface area contributed by atoms with E-state index in [0.29, 0.717) is 13.0 Å². The summed E-state index contributed by atoms with van der Waals surface area (Å²) in [5, 5.41) is 0. The lowest BCUT2D eigenvalue weighted by Gasteiger charge is -2.00. The summed E-state index contributed by atoms with van der Waals surface area (Å²) < 4.78 is 5.59. The average Bonchev–Trinajstić information content (AvgIpc) is 2.24. The van der Waals surface area contributed by atoms with Gasteiger partial charge in [-0.25, -0.2) is 0 Å². The van der Waals surface area contributed by atoms with Crippen LogP contribution in [0.25, 0.3) is 0 Å². The minimum Gasteiger partial charge on any atom is -0.466 e. The van der Waals surface area contributed by atoms with Crippen LogP contribution in [-0.2, 0) is 14.3 Å². The Morgan fingerprint density at radius 2 is 2.00 bits per heavy atom. The molecule has 0 saturated carbocycles. The first-order chi connectivity index (χ1) is 7.57. The highest BCUT2D eigenvalue weighted by Crippen LogP contribution is 2.13. The molecular weight excluding hydrogens is 319 g/mol. The second-order valence-electron chi connectivity index (χ2n) is 3.56. The number of unbranched alkanes of at least 4 members (excludes halogenated alkanes) is 2. The topological polar surface area (TPSA) is 43.4 Å². The summed E-state index contributed by atoms with van der Waals surface area (Å²) in [5.74, 6) is -0.0346. The summed E-state index contributed by atoms with van der Waals surface area (Å²) in [6, 6.07) is 0. The molecule has 0 radical (unpaired) electrons. The van der Waals surface area contributed by atoms with Crippen LogP contribution in [0.4, 0.5) is 0 Å². The van der Waals surface area contributed by atoms with Gasteiger partial charge in [-0.1, -0.05) is 19.4 Å². The summed E-state index contributed by atoms with van der Waals surface area (Å²) in [5.41, 5.74) is 0. The number of carbonyl (C=O) groups is 2. The zero-order valence-electron chi connectivity index (χ0n) is 9.92. The normalized spacial score (nSPS) is 11.3. The van der Waals surface area contributed by atoms with E-state index in [1.807, 2.05) is 6.08 Å². The monoisotopic (exact) mass is 338 g/mol. The van der Waals surface area contributed by atoms with E-state index >= 15 is 0 Å². The van der Waals surface area contributed by atoms with Gasteiger partial charge in [0.1, 0.15) is 0 Å². The van der Waals surface area contributed by atoms with Crippen LogP contribution in [0.2, 0.25) is 0 Å². The van der Waals surface area contributed by atoms with Crippen molar-refractivity contribution < 1.29 is 14.3 Å². The fourth-order valence-corrected chi connectivity index (χ4v) is 1.68. The first-order valence-corrected chi connectivity index (χ1v) is 6.68. The number of ketones is 1. The van der Waals surface area contributed by atoms with Gasteiger partial charge in [-0.15, -0.1) is 0 Å². The van der Waals surface area contributed by atoms with Gasteiger partial charge in [0.15, 0.2) is 5.78 Å². The molecule has 0 aliphatic rings. The molecule has 0 aliphatic carbocycles. The molecule has 0 unspecified atom stereocenters. The third-order valence-electron chi connectivity index (χ3n) is 2.00. The van der Waals surface area contributed by atoms with Crippen molar-refractivity contribution in [3.05, 3.63) is 9.66 Å². The van der Waals surface area contributed by atoms with Crippen LogP contribution >= 0.6 is 22.6 Å². The molecule has 0 aromatic rings. The maximum Gasteiger partial charge on any atom is 0.302 e. The SMILES string of the molecule is CCCCC(=O)/C(I)=C/CCCOC(C)=O. The van der Waals surface area contributed by atoms with Crippen molar-refractivity contribution in [2.45, 2.75) is 46.0 Å². The molecule has 0 fully saturated rings. The molecule has 4 heteroatoms. The van der Waals surface area contributed by atoms with Gasteiger partial charge in [-0.2, -0.15) is 0 Å². The number of ether oxygens (including phenoxy) is 1. The maximum atomic E-state index is 11.5. The quantitative estimate of drug-likeness (QED) is 0.295. The van der Waals surface area contributed by atoms with Gasteiger partial charge in [0.2, 0.25) is 0 Å². The zero-order chi connectivity index (χ0) is 12.4. The van der Waals surface area contributed by atoms with E-state index in [1.165, 1.54) is 6.92 Å². The van der Waals surface area contributed by atoms with E-state index in [9.17, 15) is 9.59 Å². The number of halogens is 1. The summed E-state index contributed by atoms with van der Waals surface area (Å²) in [6.45, 7) is 3.90. The lowest BCUT2D eigenvalue weighted by atomic mass is 10.1. The van der Waals surface area contributed by atoms with E-state index < -0.39 is 0 Å². The molecule has 16 heavy (non-hydrogen) atoms. The third-order valence-corrected chi connectivity index (χ3v) is 3.04. The van der Waals surface area contributed by atoms with E-state index in [1.54, 1.807) is 0 Å². The van der Waals surface area contributed by atoms with E-state index in [0.717, 1.165) is 29.3 Å². The van der Waals surface area contributed by atoms with Crippen LogP contribution in [0.3, 0.4) is 0 Å². The molecule has 0 heterocycles. The molecule has 0 amide bonds. The molecule has 0 atom stereocenters. The lowest BCUT2D eigenvalue weighted by Crippen LogP contribution is -2.00. The molecule has 0 N–H and O–H groups in total. The van der Waals surface area contributed by atoms with Gasteiger partial charge in [0.05, 0.1) is 10.2 Å². The highest BCUT2D eigenvalue weighted by atomic mass is 127. The number of hydrogen-bond donors (Lipinski definition) is 0. The fourth-order valence-electron chi connectivity index (χ4n) is 1.10. The van der Waals surface area contributed by atoms with Crippen molar-refractivity contribution in [3.8, 4) is 0 Å². The summed E-state index contributed by atoms with van der Waals surface area (Å²) in [6.07, 6.45) is 6.10. The highest BCUT2D eigenvalue weighted by molar-refractivity contribution is 14.1. The van der Waals surface area contributed by atoms with Crippen molar-refractivity contribution in [3.63, 3.8) is 0 Å². The van der Waals surface area contributed by atoms with Crippen molar-refractivity contribution in [1.29, 1.82) is 0 Å². The second-order valence-corrected chi connectivity index (χ2v) is 4.72. The molecule has 0 saturated heterocycles. The van der Waals surface area contributed by atoms with Gasteiger partial charge in [0, 0.05) is 13.3 Å². The Bertz CT molecular complexity index is 259. The largest absolute Gasteiger partial charge is 0.466 e. The Balaban J connectivity index is 3.69. The van der Waals surface area contributed by atoms with Crippen molar-refractivity contribution in [1.82, 2.24) is 0 Å². The molecule has 0 rings (SSSR count). The van der Waals surface area contributed by atoms with Crippen LogP contribution in [0.1, 0.15) is 46.0 Å². The first-order valence-electron chi connectivity index (χ1n) is 5.60. The summed E-state index contributed by atoms with van der Waals surface area (Å²) >= 11 is 2.08. The van der Waals surface area contributed by atoms with Gasteiger partial charge in [-0.05, 0) is 41.9 Å². The Kier molecular flexibility index (Phi) is 9.57. The Labute approximate surface area is 111 Å². The minimum atomic E-state index is -0.252. The second kappa shape index (κ2) is 9.81. The molecule has 0 aromatic heterocycles. The minimum absolute atomic E-state index is 0.218. The van der Waals surface area contributed by atoms with E-state index in [2.05, 4.69) is 29.5 Å². The van der Waals surface area contributed by atoms with Crippen LogP contribution in [0.5, 0.6) is 0 Å². The lowest BCUT2D eigenvalue weighted by molar-refractivity contribution is -0.141. The number of carbonyl (C=O) groups excluding carboxylic acids is 2. The van der Waals surface area contributed by atoms with Crippen LogP contribution in [-0.4, -0.2) is 18.4 Å². The molecule has 0 aliphatic heterocycles. The van der Waals surface area contributed by atoms with Crippen molar-refractivity contribution in [2.24, 2.45) is 0 Å². The molecule has 92 valence electrons. The van der Waals surface area contributed by atoms with E-state index in [4.69, 9.17) is 4.74 Å². The Hall–Kier alpha value is -0.390. The highest BCUT2D eigenvalue weighted by Gasteiger charge is 2.04. The molecule has 3 nitrogen and oxygen atoms in total. The maximum absolute atomic E-state index is 11.5. The molecule has 0 spiro atoms. The van der Waals surface area contributed by atoms with Gasteiger partial charge in [-0.3, -0.25) is 9.59 Å². The standard InChI is InChI=1S/C12H19IO3/c1-3-4-8-12(15)11(13)7-5-6-9-16-10(2)14/h7H,3-6,8-9H2,1-2H3/b11-7-. The molecular formula is C12H19IO3. The van der Waals surface area contributed by atoms with Gasteiger partial charge in [0.25, 0.3) is 0 Å². The first kappa shape index (κ1) is 15.6. The van der Waals surface area contributed by atoms with Gasteiger partial charge >= 0.3 is 5.97 Å². The molecule has 0 bridgehead atoms. The summed E-state index contributed by atoms with van der Waals surface area (Å²) in [4.78, 5) is 22.0. The Morgan fingerprint density at radius 1 is 1.31 bits per heavy atom. The van der Waals surface area contributed by atoms with Crippen molar-refractivity contribution >= 4 is 34.3 Å². The number of Topliss-reactive ketones (excluding diaryl/α,β-unsaturated/α-hetero) is 1. The van der Waals surface area contributed by atoms with Crippen LogP contribution < -0.4 is 0 Å². The summed E-state index contributed by atoms with van der Waals surface area (Å²) in [7, 11) is 0. The smallest absolute Gasteiger partial charge is 0.302 e. The number of hydrogen-bond acceptors (Lipinski definition) is 3. The number of esters is 1. The van der Waals surface area contributed by atoms with Gasteiger partial charge < -0.3 is 4.74 Å². The fraction of sp³-hybridized carbons (Fsp3) is 0.667. The van der Waals surface area contributed by atoms with Crippen LogP contribution in [0.15, 0.2) is 9.66 Å². The number of rotatable bonds is 8. The predicted molar refractivity (Wildman–Crippen MR) is 72.5 cm³/mol. The predicted octanol–water partition coefficient (Wildman–Crippen LogP) is 3.41. The third kappa shape index (κ3) is 8.88.